The number of alkyl halides is 2. The molecule has 0 bridgehead atoms. The molecule has 0 spiro atoms. The molecule has 0 amide bonds. The molecule has 0 aliphatic carbocycles. The molecule has 0 aliphatic heterocycles. The van der Waals surface area contributed by atoms with E-state index in [1.54, 1.807) is 4.98 Å². The zero-order chi connectivity index (χ0) is 11.8. The number of aromatic nitrogens is 1. The zero-order valence-electron chi connectivity index (χ0n) is 6.80. The maximum absolute atomic E-state index is 12.3. The molecule has 9 heteroatoms. The first kappa shape index (κ1) is 12.6. The van der Waals surface area contributed by atoms with Gasteiger partial charge in [0.05, 0.1) is 5.69 Å². The van der Waals surface area contributed by atoms with Gasteiger partial charge in [0.25, 0.3) is 21.0 Å². The van der Waals surface area contributed by atoms with Gasteiger partial charge in [-0.25, -0.2) is 17.2 Å². The minimum Gasteiger partial charge on any atom is -0.319 e. The highest BCUT2D eigenvalue weighted by molar-refractivity contribution is 9.10. The van der Waals surface area contributed by atoms with Gasteiger partial charge >= 0.3 is 0 Å². The van der Waals surface area contributed by atoms with Gasteiger partial charge in [-0.1, -0.05) is 0 Å². The molecular weight excluding hydrogens is 319 g/mol. The van der Waals surface area contributed by atoms with Crippen LogP contribution in [-0.2, 0) is 9.05 Å². The molecule has 1 aromatic heterocycles. The molecule has 1 rings (SSSR count). The van der Waals surface area contributed by atoms with Crippen LogP contribution in [0.2, 0.25) is 0 Å². The van der Waals surface area contributed by atoms with Gasteiger partial charge in [0.1, 0.15) is 4.90 Å². The lowest BCUT2D eigenvalue weighted by molar-refractivity contribution is 0.144. The van der Waals surface area contributed by atoms with Crippen LogP contribution in [0.15, 0.2) is 20.2 Å². The number of halogens is 4. The van der Waals surface area contributed by atoms with Crippen molar-refractivity contribution in [3.8, 4) is 0 Å². The van der Waals surface area contributed by atoms with Crippen molar-refractivity contribution >= 4 is 35.7 Å². The van der Waals surface area contributed by atoms with Crippen LogP contribution in [0, 0.1) is 0 Å². The van der Waals surface area contributed by atoms with E-state index in [1.165, 1.54) is 0 Å². The molecule has 0 unspecified atom stereocenters. The Hall–Kier alpha value is -0.470. The topological polar surface area (TPSA) is 67.0 Å². The summed E-state index contributed by atoms with van der Waals surface area (Å²) in [5.74, 6) is 0. The van der Waals surface area contributed by atoms with E-state index in [0.717, 1.165) is 6.07 Å². The fourth-order valence-corrected chi connectivity index (χ4v) is 2.37. The fourth-order valence-electron chi connectivity index (χ4n) is 0.842. The average Bonchev–Trinajstić information content (AvgIpc) is 2.06. The summed E-state index contributed by atoms with van der Waals surface area (Å²) in [5.41, 5.74) is -1.87. The lowest BCUT2D eigenvalue weighted by atomic mass is 10.3. The fraction of sp³-hybridized carbons (Fsp3) is 0.167. The molecule has 0 saturated carbocycles. The predicted octanol–water partition coefficient (Wildman–Crippen LogP) is 2.00. The third-order valence-electron chi connectivity index (χ3n) is 1.47. The molecule has 0 saturated heterocycles. The monoisotopic (exact) mass is 321 g/mol. The number of hydrogen-bond donors (Lipinski definition) is 1. The van der Waals surface area contributed by atoms with Gasteiger partial charge in [0.2, 0.25) is 0 Å². The van der Waals surface area contributed by atoms with E-state index < -0.39 is 31.6 Å². The second-order valence-corrected chi connectivity index (χ2v) is 5.85. The maximum Gasteiger partial charge on any atom is 0.279 e. The second kappa shape index (κ2) is 4.18. The molecule has 84 valence electrons. The molecule has 1 aromatic rings. The first-order valence-electron chi connectivity index (χ1n) is 3.39. The summed E-state index contributed by atoms with van der Waals surface area (Å²) in [6.07, 6.45) is -2.92. The zero-order valence-corrected chi connectivity index (χ0v) is 9.96. The van der Waals surface area contributed by atoms with Crippen molar-refractivity contribution in [1.82, 2.24) is 4.98 Å². The Morgan fingerprint density at radius 2 is 2.00 bits per heavy atom. The summed E-state index contributed by atoms with van der Waals surface area (Å²) in [5, 5.41) is 0. The molecule has 0 fully saturated rings. The lowest BCUT2D eigenvalue weighted by Gasteiger charge is -2.03. The summed E-state index contributed by atoms with van der Waals surface area (Å²) >= 11 is 2.70. The van der Waals surface area contributed by atoms with Gasteiger partial charge in [0, 0.05) is 15.2 Å². The highest BCUT2D eigenvalue weighted by atomic mass is 79.9. The third-order valence-corrected chi connectivity index (χ3v) is 3.45. The van der Waals surface area contributed by atoms with E-state index in [1.807, 2.05) is 0 Å². The molecule has 0 radical (unpaired) electrons. The van der Waals surface area contributed by atoms with Crippen molar-refractivity contribution in [3.05, 3.63) is 26.6 Å². The van der Waals surface area contributed by atoms with E-state index in [-0.39, 0.29) is 4.47 Å². The van der Waals surface area contributed by atoms with Crippen LogP contribution in [0.25, 0.3) is 0 Å². The second-order valence-electron chi connectivity index (χ2n) is 2.46. The van der Waals surface area contributed by atoms with Crippen molar-refractivity contribution in [3.63, 3.8) is 0 Å². The van der Waals surface area contributed by atoms with E-state index in [4.69, 9.17) is 10.7 Å². The van der Waals surface area contributed by atoms with Gasteiger partial charge in [-0.15, -0.1) is 0 Å². The van der Waals surface area contributed by atoms with Crippen LogP contribution >= 0.6 is 26.6 Å². The summed E-state index contributed by atoms with van der Waals surface area (Å²) < 4.78 is 45.9. The highest BCUT2D eigenvalue weighted by Crippen LogP contribution is 2.26. The summed E-state index contributed by atoms with van der Waals surface area (Å²) in [6.45, 7) is 0. The number of nitrogens with one attached hydrogen (secondary N) is 1. The number of pyridine rings is 1. The first-order valence-corrected chi connectivity index (χ1v) is 6.49. The molecule has 15 heavy (non-hydrogen) atoms. The Morgan fingerprint density at radius 1 is 1.47 bits per heavy atom. The Kier molecular flexibility index (Phi) is 3.51. The molecule has 1 N–H and O–H groups in total. The molecular formula is C6H3BrClF2NO3S. The Labute approximate surface area is 95.8 Å². The van der Waals surface area contributed by atoms with Crippen LogP contribution in [-0.4, -0.2) is 13.4 Å². The van der Waals surface area contributed by atoms with Crippen molar-refractivity contribution < 1.29 is 17.2 Å². The highest BCUT2D eigenvalue weighted by Gasteiger charge is 2.20. The third kappa shape index (κ3) is 2.76. The first-order chi connectivity index (χ1) is 6.73. The number of hydrogen-bond acceptors (Lipinski definition) is 3. The minimum absolute atomic E-state index is 0.226. The van der Waals surface area contributed by atoms with Gasteiger partial charge in [-0.05, 0) is 22.0 Å². The standard InChI is InChI=1S/C6H3BrClF2NO3S/c7-2-1-3(15(8,13)14)6(12)11-4(2)5(9)10/h1,5H,(H,11,12). The quantitative estimate of drug-likeness (QED) is 0.847. The normalized spacial score (nSPS) is 12.1. The largest absolute Gasteiger partial charge is 0.319 e. The SMILES string of the molecule is O=c1[nH]c(C(F)F)c(Br)cc1S(=O)(=O)Cl. The van der Waals surface area contributed by atoms with Crippen LogP contribution in [0.3, 0.4) is 0 Å². The predicted molar refractivity (Wildman–Crippen MR) is 52.8 cm³/mol. The Bertz CT molecular complexity index is 542. The summed E-state index contributed by atoms with van der Waals surface area (Å²) in [4.78, 5) is 12.0. The van der Waals surface area contributed by atoms with Crippen molar-refractivity contribution in [2.45, 2.75) is 11.3 Å². The lowest BCUT2D eigenvalue weighted by Crippen LogP contribution is -2.16. The summed E-state index contributed by atoms with van der Waals surface area (Å²) in [7, 11) is 0.667. The van der Waals surface area contributed by atoms with Crippen molar-refractivity contribution in [1.29, 1.82) is 0 Å². The van der Waals surface area contributed by atoms with Crippen LogP contribution in [0.1, 0.15) is 12.1 Å². The Morgan fingerprint density at radius 3 is 2.40 bits per heavy atom. The smallest absolute Gasteiger partial charge is 0.279 e. The minimum atomic E-state index is -4.24. The molecule has 1 heterocycles. The van der Waals surface area contributed by atoms with Crippen LogP contribution < -0.4 is 5.56 Å². The van der Waals surface area contributed by atoms with Gasteiger partial charge in [0.15, 0.2) is 0 Å². The van der Waals surface area contributed by atoms with Gasteiger partial charge in [-0.3, -0.25) is 4.79 Å². The van der Waals surface area contributed by atoms with E-state index in [2.05, 4.69) is 15.9 Å². The van der Waals surface area contributed by atoms with Crippen molar-refractivity contribution in [2.75, 3.05) is 0 Å². The number of aromatic amines is 1. The number of H-pyrrole nitrogens is 1. The van der Waals surface area contributed by atoms with Crippen LogP contribution in [0.5, 0.6) is 0 Å². The molecule has 0 atom stereocenters. The van der Waals surface area contributed by atoms with Crippen LogP contribution in [0.4, 0.5) is 8.78 Å². The molecule has 0 aliphatic rings. The maximum atomic E-state index is 12.3. The Balaban J connectivity index is 3.53. The van der Waals surface area contributed by atoms with Gasteiger partial charge in [-0.2, -0.15) is 0 Å². The summed E-state index contributed by atoms with van der Waals surface area (Å²) in [6, 6.07) is 0.739. The molecule has 4 nitrogen and oxygen atoms in total. The average molecular weight is 323 g/mol. The van der Waals surface area contributed by atoms with Crippen molar-refractivity contribution in [2.24, 2.45) is 0 Å². The molecule has 0 aromatic carbocycles. The van der Waals surface area contributed by atoms with E-state index >= 15 is 0 Å². The number of rotatable bonds is 2. The van der Waals surface area contributed by atoms with E-state index in [9.17, 15) is 22.0 Å². The van der Waals surface area contributed by atoms with E-state index in [0.29, 0.717) is 0 Å². The van der Waals surface area contributed by atoms with Gasteiger partial charge < -0.3 is 4.98 Å².